The second-order valence-corrected chi connectivity index (χ2v) is 11.1. The molecule has 0 aliphatic heterocycles. The Labute approximate surface area is 183 Å². The summed E-state index contributed by atoms with van der Waals surface area (Å²) in [5.74, 6) is 2.66. The summed E-state index contributed by atoms with van der Waals surface area (Å²) in [6.07, 6.45) is 15.2. The summed E-state index contributed by atoms with van der Waals surface area (Å²) in [5.41, 5.74) is 3.72. The van der Waals surface area contributed by atoms with Crippen molar-refractivity contribution in [3.05, 3.63) is 35.5 Å². The number of aliphatic hydroxyl groups excluding tert-OH is 3. The highest BCUT2D eigenvalue weighted by molar-refractivity contribution is 5.38. The summed E-state index contributed by atoms with van der Waals surface area (Å²) in [7, 11) is 0. The van der Waals surface area contributed by atoms with Crippen molar-refractivity contribution in [3.63, 3.8) is 0 Å². The Balaban J connectivity index is 1.44. The van der Waals surface area contributed by atoms with E-state index in [2.05, 4.69) is 32.6 Å². The molecule has 0 aromatic carbocycles. The van der Waals surface area contributed by atoms with Gasteiger partial charge >= 0.3 is 0 Å². The van der Waals surface area contributed by atoms with E-state index < -0.39 is 12.2 Å². The molecular formula is C27H42O3. The maximum absolute atomic E-state index is 10.3. The molecule has 0 aromatic rings. The molecule has 0 aromatic heterocycles. The highest BCUT2D eigenvalue weighted by Gasteiger charge is 2.50. The van der Waals surface area contributed by atoms with Gasteiger partial charge in [0.15, 0.2) is 0 Å². The Hall–Kier alpha value is -0.900. The van der Waals surface area contributed by atoms with Crippen LogP contribution in [0.25, 0.3) is 0 Å². The van der Waals surface area contributed by atoms with Gasteiger partial charge in [-0.05, 0) is 104 Å². The second-order valence-electron chi connectivity index (χ2n) is 11.1. The number of hydrogen-bond acceptors (Lipinski definition) is 3. The van der Waals surface area contributed by atoms with Gasteiger partial charge in [0.05, 0.1) is 18.3 Å². The van der Waals surface area contributed by atoms with Crippen LogP contribution >= 0.6 is 0 Å². The third-order valence-electron chi connectivity index (χ3n) is 9.07. The van der Waals surface area contributed by atoms with Crippen LogP contribution in [0.1, 0.15) is 84.5 Å². The number of aliphatic hydroxyl groups is 3. The highest BCUT2D eigenvalue weighted by atomic mass is 16.3. The fourth-order valence-corrected chi connectivity index (χ4v) is 7.03. The van der Waals surface area contributed by atoms with Crippen LogP contribution in [0, 0.1) is 29.1 Å². The number of fused-ring (bicyclic) bond motifs is 1. The van der Waals surface area contributed by atoms with Crippen LogP contribution < -0.4 is 0 Å². The normalized spacial score (nSPS) is 41.8. The Morgan fingerprint density at radius 1 is 1.13 bits per heavy atom. The van der Waals surface area contributed by atoms with Crippen molar-refractivity contribution in [2.24, 2.45) is 29.1 Å². The van der Waals surface area contributed by atoms with Crippen LogP contribution in [0.5, 0.6) is 0 Å². The molecule has 30 heavy (non-hydrogen) atoms. The number of allylic oxidation sites excluding steroid dienone is 3. The second kappa shape index (κ2) is 8.92. The molecule has 0 radical (unpaired) electrons. The summed E-state index contributed by atoms with van der Waals surface area (Å²) in [6.45, 7) is 9.01. The third-order valence-corrected chi connectivity index (χ3v) is 9.07. The minimum atomic E-state index is -0.613. The average Bonchev–Trinajstić information content (AvgIpc) is 3.49. The Bertz CT molecular complexity index is 703. The van der Waals surface area contributed by atoms with E-state index in [0.717, 1.165) is 29.9 Å². The van der Waals surface area contributed by atoms with Crippen molar-refractivity contribution in [1.29, 1.82) is 0 Å². The minimum absolute atomic E-state index is 0.0693. The van der Waals surface area contributed by atoms with Crippen molar-refractivity contribution >= 4 is 0 Å². The molecule has 4 aliphatic carbocycles. The van der Waals surface area contributed by atoms with Crippen molar-refractivity contribution in [2.75, 3.05) is 0 Å². The zero-order valence-corrected chi connectivity index (χ0v) is 19.0. The first-order valence-corrected chi connectivity index (χ1v) is 12.4. The van der Waals surface area contributed by atoms with Crippen LogP contribution in [0.4, 0.5) is 0 Å². The van der Waals surface area contributed by atoms with Gasteiger partial charge in [-0.2, -0.15) is 0 Å². The Morgan fingerprint density at radius 2 is 1.90 bits per heavy atom. The van der Waals surface area contributed by atoms with Crippen molar-refractivity contribution in [3.8, 4) is 0 Å². The lowest BCUT2D eigenvalue weighted by Gasteiger charge is -2.44. The molecule has 168 valence electrons. The van der Waals surface area contributed by atoms with Gasteiger partial charge in [-0.25, -0.2) is 0 Å². The largest absolute Gasteiger partial charge is 0.393 e. The molecule has 0 spiro atoms. The van der Waals surface area contributed by atoms with Gasteiger partial charge in [-0.1, -0.05) is 38.2 Å². The molecule has 0 saturated heterocycles. The molecule has 4 rings (SSSR count). The van der Waals surface area contributed by atoms with Crippen molar-refractivity contribution in [2.45, 2.75) is 103 Å². The molecule has 4 fully saturated rings. The lowest BCUT2D eigenvalue weighted by Crippen LogP contribution is -2.36. The molecule has 0 amide bonds. The summed E-state index contributed by atoms with van der Waals surface area (Å²) < 4.78 is 0. The lowest BCUT2D eigenvalue weighted by molar-refractivity contribution is 0.0784. The topological polar surface area (TPSA) is 60.7 Å². The first-order chi connectivity index (χ1) is 14.3. The maximum Gasteiger partial charge on any atom is 0.0811 e. The summed E-state index contributed by atoms with van der Waals surface area (Å²) in [6, 6.07) is 0. The molecular weight excluding hydrogens is 372 g/mol. The Kier molecular flexibility index (Phi) is 6.63. The van der Waals surface area contributed by atoms with E-state index in [1.165, 1.54) is 44.9 Å². The van der Waals surface area contributed by atoms with Gasteiger partial charge in [-0.15, -0.1) is 0 Å². The van der Waals surface area contributed by atoms with Crippen LogP contribution in [0.3, 0.4) is 0 Å². The highest BCUT2D eigenvalue weighted by Crippen LogP contribution is 2.60. The predicted octanol–water partition coefficient (Wildman–Crippen LogP) is 5.31. The zero-order chi connectivity index (χ0) is 21.5. The molecule has 0 bridgehead atoms. The molecule has 3 nitrogen and oxygen atoms in total. The smallest absolute Gasteiger partial charge is 0.0811 e. The standard InChI is InChI=1S/C27H42O3/c1-17(6-13-25(29)20-8-9-20)23-11-12-24-19(5-4-14-27(23,24)3)7-10-21-15-22(28)16-26(30)18(21)2/h7,10,17,20,22-26,28-30H,2,4-6,8-9,11-16H2,1,3H3/b19-7+,21-10+. The van der Waals surface area contributed by atoms with E-state index in [1.807, 2.05) is 0 Å². The lowest BCUT2D eigenvalue weighted by atomic mass is 9.60. The molecule has 0 heterocycles. The van der Waals surface area contributed by atoms with Crippen LogP contribution in [0.15, 0.2) is 35.5 Å². The van der Waals surface area contributed by atoms with E-state index in [0.29, 0.717) is 36.0 Å². The molecule has 3 heteroatoms. The predicted molar refractivity (Wildman–Crippen MR) is 122 cm³/mol. The van der Waals surface area contributed by atoms with Crippen LogP contribution in [0.2, 0.25) is 0 Å². The van der Waals surface area contributed by atoms with E-state index in [9.17, 15) is 15.3 Å². The first-order valence-electron chi connectivity index (χ1n) is 12.4. The van der Waals surface area contributed by atoms with Crippen LogP contribution in [-0.2, 0) is 0 Å². The van der Waals surface area contributed by atoms with E-state index in [-0.39, 0.29) is 6.10 Å². The fourth-order valence-electron chi connectivity index (χ4n) is 7.03. The molecule has 3 N–H and O–H groups in total. The SMILES string of the molecule is C=C1/C(=C/C=C2\CCCC3(C)C2CCC3C(C)CCC(O)C2CC2)CC(O)CC1O. The van der Waals surface area contributed by atoms with Gasteiger partial charge in [0.1, 0.15) is 0 Å². The molecule has 4 saturated carbocycles. The molecule has 4 aliphatic rings. The van der Waals surface area contributed by atoms with E-state index in [1.54, 1.807) is 5.57 Å². The van der Waals surface area contributed by atoms with Gasteiger partial charge in [0, 0.05) is 6.42 Å². The van der Waals surface area contributed by atoms with Gasteiger partial charge in [-0.3, -0.25) is 0 Å². The monoisotopic (exact) mass is 414 g/mol. The van der Waals surface area contributed by atoms with Gasteiger partial charge in [0.25, 0.3) is 0 Å². The Morgan fingerprint density at radius 3 is 2.63 bits per heavy atom. The van der Waals surface area contributed by atoms with Crippen LogP contribution in [-0.4, -0.2) is 33.6 Å². The van der Waals surface area contributed by atoms with Gasteiger partial charge < -0.3 is 15.3 Å². The first kappa shape index (κ1) is 22.3. The summed E-state index contributed by atoms with van der Waals surface area (Å²) >= 11 is 0. The summed E-state index contributed by atoms with van der Waals surface area (Å²) in [5, 5.41) is 30.5. The number of hydrogen-bond donors (Lipinski definition) is 3. The zero-order valence-electron chi connectivity index (χ0n) is 19.0. The average molecular weight is 415 g/mol. The number of rotatable bonds is 6. The van der Waals surface area contributed by atoms with Crippen molar-refractivity contribution in [1.82, 2.24) is 0 Å². The molecule has 7 unspecified atom stereocenters. The maximum atomic E-state index is 10.3. The summed E-state index contributed by atoms with van der Waals surface area (Å²) in [4.78, 5) is 0. The fraction of sp³-hybridized carbons (Fsp3) is 0.778. The minimum Gasteiger partial charge on any atom is -0.393 e. The van der Waals surface area contributed by atoms with Crippen molar-refractivity contribution < 1.29 is 15.3 Å². The quantitative estimate of drug-likeness (QED) is 0.552. The molecule has 7 atom stereocenters. The van der Waals surface area contributed by atoms with E-state index in [4.69, 9.17) is 0 Å². The third kappa shape index (κ3) is 4.49. The van der Waals surface area contributed by atoms with E-state index >= 15 is 0 Å². The van der Waals surface area contributed by atoms with Gasteiger partial charge in [0.2, 0.25) is 0 Å².